The number of nitrogens with one attached hydrogen (secondary N) is 1. The van der Waals surface area contributed by atoms with Crippen molar-refractivity contribution in [2.45, 2.75) is 6.04 Å². The predicted octanol–water partition coefficient (Wildman–Crippen LogP) is 0.829. The van der Waals surface area contributed by atoms with Gasteiger partial charge in [-0.3, -0.25) is 0 Å². The second-order valence-electron chi connectivity index (χ2n) is 3.73. The van der Waals surface area contributed by atoms with Crippen LogP contribution in [0.2, 0.25) is 0 Å². The van der Waals surface area contributed by atoms with E-state index in [1.165, 1.54) is 0 Å². The van der Waals surface area contributed by atoms with Crippen LogP contribution in [0.15, 0.2) is 22.6 Å². The normalized spacial score (nSPS) is 12.8. The molecule has 17 heavy (non-hydrogen) atoms. The van der Waals surface area contributed by atoms with E-state index in [0.717, 1.165) is 0 Å². The number of aliphatic hydroxyl groups excluding tert-OH is 1. The van der Waals surface area contributed by atoms with Crippen LogP contribution in [0.3, 0.4) is 0 Å². The Balaban J connectivity index is 2.18. The molecular formula is C11H15N3O3. The lowest BCUT2D eigenvalue weighted by Gasteiger charge is -2.12. The first-order chi connectivity index (χ1) is 8.22. The number of hydrogen-bond acceptors (Lipinski definition) is 6. The van der Waals surface area contributed by atoms with Crippen LogP contribution < -0.4 is 11.1 Å². The number of ether oxygens (including phenoxy) is 1. The van der Waals surface area contributed by atoms with E-state index in [4.69, 9.17) is 20.0 Å². The SMILES string of the molecule is COCC(CO)Nc1nc2cc(N)ccc2o1. The molecule has 1 heterocycles. The highest BCUT2D eigenvalue weighted by molar-refractivity contribution is 5.78. The number of aliphatic hydroxyl groups is 1. The number of nitrogen functional groups attached to an aromatic ring is 1. The maximum atomic E-state index is 9.11. The van der Waals surface area contributed by atoms with E-state index in [9.17, 15) is 0 Å². The number of fused-ring (bicyclic) bond motifs is 1. The largest absolute Gasteiger partial charge is 0.424 e. The van der Waals surface area contributed by atoms with Gasteiger partial charge in [-0.25, -0.2) is 0 Å². The lowest BCUT2D eigenvalue weighted by atomic mass is 10.3. The first-order valence-electron chi connectivity index (χ1n) is 5.25. The van der Waals surface area contributed by atoms with Gasteiger partial charge in [0.25, 0.3) is 6.01 Å². The molecular weight excluding hydrogens is 222 g/mol. The molecule has 0 spiro atoms. The van der Waals surface area contributed by atoms with Crippen LogP contribution in [0.1, 0.15) is 0 Å². The van der Waals surface area contributed by atoms with Crippen molar-refractivity contribution < 1.29 is 14.3 Å². The Morgan fingerprint density at radius 3 is 3.12 bits per heavy atom. The number of methoxy groups -OCH3 is 1. The third kappa shape index (κ3) is 2.66. The van der Waals surface area contributed by atoms with Gasteiger partial charge in [0, 0.05) is 12.8 Å². The number of hydrogen-bond donors (Lipinski definition) is 3. The fourth-order valence-corrected chi connectivity index (χ4v) is 1.52. The first-order valence-corrected chi connectivity index (χ1v) is 5.25. The van der Waals surface area contributed by atoms with Gasteiger partial charge in [-0.1, -0.05) is 0 Å². The molecule has 4 N–H and O–H groups in total. The minimum Gasteiger partial charge on any atom is -0.424 e. The van der Waals surface area contributed by atoms with Crippen molar-refractivity contribution in [2.75, 3.05) is 31.4 Å². The Labute approximate surface area is 98.4 Å². The van der Waals surface area contributed by atoms with Crippen molar-refractivity contribution >= 4 is 22.8 Å². The Morgan fingerprint density at radius 1 is 1.59 bits per heavy atom. The minimum absolute atomic E-state index is 0.0608. The predicted molar refractivity (Wildman–Crippen MR) is 64.8 cm³/mol. The molecule has 6 heteroatoms. The van der Waals surface area contributed by atoms with Gasteiger partial charge in [0.15, 0.2) is 5.58 Å². The first kappa shape index (κ1) is 11.7. The van der Waals surface area contributed by atoms with Crippen LogP contribution in [0.4, 0.5) is 11.7 Å². The van der Waals surface area contributed by atoms with Gasteiger partial charge >= 0.3 is 0 Å². The summed E-state index contributed by atoms with van der Waals surface area (Å²) in [5, 5.41) is 12.1. The molecule has 1 atom stereocenters. The highest BCUT2D eigenvalue weighted by atomic mass is 16.5. The number of nitrogens with two attached hydrogens (primary N) is 1. The number of anilines is 2. The topological polar surface area (TPSA) is 93.5 Å². The van der Waals surface area contributed by atoms with Crippen molar-refractivity contribution in [1.82, 2.24) is 4.98 Å². The monoisotopic (exact) mass is 237 g/mol. The number of aromatic nitrogens is 1. The van der Waals surface area contributed by atoms with E-state index in [0.29, 0.717) is 29.4 Å². The lowest BCUT2D eigenvalue weighted by Crippen LogP contribution is -2.28. The van der Waals surface area contributed by atoms with E-state index in [-0.39, 0.29) is 12.6 Å². The summed E-state index contributed by atoms with van der Waals surface area (Å²) < 4.78 is 10.4. The fourth-order valence-electron chi connectivity index (χ4n) is 1.52. The molecule has 0 bridgehead atoms. The molecule has 0 saturated heterocycles. The summed E-state index contributed by atoms with van der Waals surface area (Å²) in [5.74, 6) is 0. The second-order valence-corrected chi connectivity index (χ2v) is 3.73. The molecule has 0 saturated carbocycles. The van der Waals surface area contributed by atoms with Gasteiger partial charge in [-0.05, 0) is 18.2 Å². The van der Waals surface area contributed by atoms with Crippen LogP contribution >= 0.6 is 0 Å². The molecule has 2 aromatic rings. The maximum absolute atomic E-state index is 9.11. The zero-order chi connectivity index (χ0) is 12.3. The Kier molecular flexibility index (Phi) is 3.46. The number of benzene rings is 1. The number of rotatable bonds is 5. The highest BCUT2D eigenvalue weighted by Crippen LogP contribution is 2.21. The summed E-state index contributed by atoms with van der Waals surface area (Å²) in [6.07, 6.45) is 0. The summed E-state index contributed by atoms with van der Waals surface area (Å²) >= 11 is 0. The molecule has 1 aromatic heterocycles. The smallest absolute Gasteiger partial charge is 0.296 e. The Hall–Kier alpha value is -1.79. The highest BCUT2D eigenvalue weighted by Gasteiger charge is 2.11. The Bertz CT molecular complexity index is 498. The standard InChI is InChI=1S/C11H15N3O3/c1-16-6-8(5-15)13-11-14-9-4-7(12)2-3-10(9)17-11/h2-4,8,15H,5-6,12H2,1H3,(H,13,14). The van der Waals surface area contributed by atoms with Crippen molar-refractivity contribution in [3.05, 3.63) is 18.2 Å². The summed E-state index contributed by atoms with van der Waals surface area (Å²) in [6.45, 7) is 0.312. The number of oxazole rings is 1. The minimum atomic E-state index is -0.245. The van der Waals surface area contributed by atoms with Gasteiger partial charge in [0.05, 0.1) is 19.3 Å². The Morgan fingerprint density at radius 2 is 2.41 bits per heavy atom. The van der Waals surface area contributed by atoms with Crippen molar-refractivity contribution in [3.63, 3.8) is 0 Å². The molecule has 92 valence electrons. The molecule has 1 aromatic carbocycles. The van der Waals surface area contributed by atoms with E-state index in [1.807, 2.05) is 0 Å². The fraction of sp³-hybridized carbons (Fsp3) is 0.364. The van der Waals surface area contributed by atoms with Crippen molar-refractivity contribution in [3.8, 4) is 0 Å². The molecule has 6 nitrogen and oxygen atoms in total. The molecule has 0 amide bonds. The average molecular weight is 237 g/mol. The quantitative estimate of drug-likeness (QED) is 0.667. The van der Waals surface area contributed by atoms with Crippen LogP contribution in [-0.4, -0.2) is 36.5 Å². The van der Waals surface area contributed by atoms with Crippen molar-refractivity contribution in [2.24, 2.45) is 0 Å². The summed E-state index contributed by atoms with van der Waals surface area (Å²) in [4.78, 5) is 4.22. The van der Waals surface area contributed by atoms with Crippen LogP contribution in [-0.2, 0) is 4.74 Å². The van der Waals surface area contributed by atoms with Crippen LogP contribution in [0, 0.1) is 0 Å². The van der Waals surface area contributed by atoms with Gasteiger partial charge in [0.2, 0.25) is 0 Å². The lowest BCUT2D eigenvalue weighted by molar-refractivity contribution is 0.152. The van der Waals surface area contributed by atoms with E-state index >= 15 is 0 Å². The second kappa shape index (κ2) is 5.03. The molecule has 0 aliphatic heterocycles. The number of nitrogens with zero attached hydrogens (tertiary/aromatic N) is 1. The average Bonchev–Trinajstić information content (AvgIpc) is 2.69. The van der Waals surface area contributed by atoms with Crippen LogP contribution in [0.25, 0.3) is 11.1 Å². The zero-order valence-electron chi connectivity index (χ0n) is 9.51. The van der Waals surface area contributed by atoms with Gasteiger partial charge < -0.3 is 25.3 Å². The third-order valence-electron chi connectivity index (χ3n) is 2.33. The van der Waals surface area contributed by atoms with E-state index in [2.05, 4.69) is 10.3 Å². The summed E-state index contributed by atoms with van der Waals surface area (Å²) in [6, 6.07) is 5.34. The molecule has 1 unspecified atom stereocenters. The maximum Gasteiger partial charge on any atom is 0.296 e. The van der Waals surface area contributed by atoms with E-state index < -0.39 is 0 Å². The van der Waals surface area contributed by atoms with Gasteiger partial charge in [0.1, 0.15) is 5.52 Å². The third-order valence-corrected chi connectivity index (χ3v) is 2.33. The van der Waals surface area contributed by atoms with Gasteiger partial charge in [-0.15, -0.1) is 0 Å². The molecule has 0 radical (unpaired) electrons. The van der Waals surface area contributed by atoms with E-state index in [1.54, 1.807) is 25.3 Å². The van der Waals surface area contributed by atoms with Crippen LogP contribution in [0.5, 0.6) is 0 Å². The molecule has 0 aliphatic carbocycles. The molecule has 2 rings (SSSR count). The van der Waals surface area contributed by atoms with Crippen molar-refractivity contribution in [1.29, 1.82) is 0 Å². The molecule has 0 aliphatic rings. The summed E-state index contributed by atoms with van der Waals surface area (Å²) in [5.41, 5.74) is 7.61. The molecule has 0 fully saturated rings. The summed E-state index contributed by atoms with van der Waals surface area (Å²) in [7, 11) is 1.57. The van der Waals surface area contributed by atoms with Gasteiger partial charge in [-0.2, -0.15) is 4.98 Å². The zero-order valence-corrected chi connectivity index (χ0v) is 9.51.